The van der Waals surface area contributed by atoms with Gasteiger partial charge in [0.05, 0.1) is 24.3 Å². The summed E-state index contributed by atoms with van der Waals surface area (Å²) < 4.78 is 17.2. The molecule has 4 atom stereocenters. The van der Waals surface area contributed by atoms with Crippen LogP contribution in [0.3, 0.4) is 0 Å². The number of hydrogen-bond donors (Lipinski definition) is 3. The zero-order valence-electron chi connectivity index (χ0n) is 18.7. The minimum atomic E-state index is -1.36. The summed E-state index contributed by atoms with van der Waals surface area (Å²) in [6.07, 6.45) is 0.0769. The molecule has 3 amide bonds. The average molecular weight is 486 g/mol. The molecule has 0 saturated carbocycles. The van der Waals surface area contributed by atoms with Gasteiger partial charge in [-0.15, -0.1) is 0 Å². The lowest BCUT2D eigenvalue weighted by molar-refractivity contribution is -0.145. The Bertz CT molecular complexity index is 1050. The molecule has 2 aromatic rings. The largest absolute Gasteiger partial charge is 0.467 e. The fourth-order valence-electron chi connectivity index (χ4n) is 3.56. The van der Waals surface area contributed by atoms with Gasteiger partial charge in [-0.3, -0.25) is 18.6 Å². The Labute approximate surface area is 200 Å². The number of carbonyl (C=O) groups excluding carboxylic acids is 4. The van der Waals surface area contributed by atoms with Crippen LogP contribution in [-0.2, 0) is 41.1 Å². The molecule has 10 heteroatoms. The normalized spacial score (nSPS) is 19.3. The molecule has 3 N–H and O–H groups in total. The van der Waals surface area contributed by atoms with Crippen molar-refractivity contribution in [2.45, 2.75) is 42.3 Å². The molecule has 34 heavy (non-hydrogen) atoms. The number of hydrogen-bond acceptors (Lipinski definition) is 6. The topological polar surface area (TPSA) is 131 Å². The van der Waals surface area contributed by atoms with Crippen LogP contribution >= 0.6 is 0 Å². The molecule has 0 aliphatic carbocycles. The lowest BCUT2D eigenvalue weighted by Gasteiger charge is -2.29. The third-order valence-electron chi connectivity index (χ3n) is 5.36. The second-order valence-corrected chi connectivity index (χ2v) is 9.38. The number of piperazine rings is 1. The highest BCUT2D eigenvalue weighted by Crippen LogP contribution is 2.11. The number of benzene rings is 2. The molecule has 9 nitrogen and oxygen atoms in total. The second kappa shape index (κ2) is 12.1. The molecule has 1 aliphatic heterocycles. The predicted molar refractivity (Wildman–Crippen MR) is 125 cm³/mol. The molecule has 1 saturated heterocycles. The number of rotatable bonds is 10. The Morgan fingerprint density at radius 1 is 0.971 bits per heavy atom. The first-order valence-corrected chi connectivity index (χ1v) is 12.1. The Hall–Kier alpha value is -3.53. The highest BCUT2D eigenvalue weighted by Gasteiger charge is 2.35. The van der Waals surface area contributed by atoms with Gasteiger partial charge in [0.25, 0.3) is 0 Å². The number of methoxy groups -OCH3 is 1. The standard InChI is InChI=1S/C24H27N3O6S/c1-33-24(31)18(12-13-34(32)17-10-6-3-7-11-17)25-21(28)15-20-23(30)26-19(22(29)27-20)14-16-8-4-2-5-9-16/h2-11,18-20H,12-15H2,1H3,(H,25,28)(H,26,30)(H,27,29)/t18-,19-,20-,34-/m0/s1. The van der Waals surface area contributed by atoms with Gasteiger partial charge in [0, 0.05) is 17.1 Å². The van der Waals surface area contributed by atoms with E-state index in [1.165, 1.54) is 7.11 Å². The Balaban J connectivity index is 1.53. The average Bonchev–Trinajstić information content (AvgIpc) is 2.85. The van der Waals surface area contributed by atoms with Crippen molar-refractivity contribution in [1.82, 2.24) is 16.0 Å². The zero-order chi connectivity index (χ0) is 24.5. The van der Waals surface area contributed by atoms with Crippen molar-refractivity contribution in [3.8, 4) is 0 Å². The Kier molecular flexibility index (Phi) is 8.92. The molecular weight excluding hydrogens is 458 g/mol. The van der Waals surface area contributed by atoms with Crippen molar-refractivity contribution in [1.29, 1.82) is 0 Å². The molecule has 1 aliphatic rings. The van der Waals surface area contributed by atoms with E-state index in [-0.39, 0.29) is 24.5 Å². The zero-order valence-corrected chi connectivity index (χ0v) is 19.5. The Morgan fingerprint density at radius 3 is 2.21 bits per heavy atom. The van der Waals surface area contributed by atoms with Gasteiger partial charge in [0.15, 0.2) is 0 Å². The van der Waals surface area contributed by atoms with Crippen molar-refractivity contribution in [3.63, 3.8) is 0 Å². The van der Waals surface area contributed by atoms with Gasteiger partial charge in [-0.05, 0) is 24.1 Å². The van der Waals surface area contributed by atoms with Crippen LogP contribution in [0, 0.1) is 0 Å². The van der Waals surface area contributed by atoms with Gasteiger partial charge in [-0.2, -0.15) is 0 Å². The summed E-state index contributed by atoms with van der Waals surface area (Å²) in [6.45, 7) is 0. The lowest BCUT2D eigenvalue weighted by Crippen LogP contribution is -2.63. The smallest absolute Gasteiger partial charge is 0.328 e. The van der Waals surface area contributed by atoms with Crippen molar-refractivity contribution >= 4 is 34.5 Å². The van der Waals surface area contributed by atoms with Crippen LogP contribution in [0.15, 0.2) is 65.6 Å². The van der Waals surface area contributed by atoms with Gasteiger partial charge < -0.3 is 20.7 Å². The molecule has 1 fully saturated rings. The van der Waals surface area contributed by atoms with Gasteiger partial charge in [0.2, 0.25) is 17.7 Å². The fraction of sp³-hybridized carbons (Fsp3) is 0.333. The van der Waals surface area contributed by atoms with Crippen LogP contribution in [0.25, 0.3) is 0 Å². The van der Waals surface area contributed by atoms with Gasteiger partial charge in [-0.1, -0.05) is 48.5 Å². The van der Waals surface area contributed by atoms with Crippen molar-refractivity contribution in [2.75, 3.05) is 12.9 Å². The van der Waals surface area contributed by atoms with Crippen LogP contribution < -0.4 is 16.0 Å². The quantitative estimate of drug-likeness (QED) is 0.419. The monoisotopic (exact) mass is 485 g/mol. The summed E-state index contributed by atoms with van der Waals surface area (Å²) in [5.41, 5.74) is 0.896. The van der Waals surface area contributed by atoms with E-state index in [9.17, 15) is 23.4 Å². The van der Waals surface area contributed by atoms with Crippen molar-refractivity contribution in [2.24, 2.45) is 0 Å². The van der Waals surface area contributed by atoms with E-state index in [1.54, 1.807) is 24.3 Å². The summed E-state index contributed by atoms with van der Waals surface area (Å²) in [6, 6.07) is 15.2. The summed E-state index contributed by atoms with van der Waals surface area (Å²) in [5, 5.41) is 7.76. The molecule has 0 radical (unpaired) electrons. The molecule has 1 heterocycles. The van der Waals surface area contributed by atoms with Crippen LogP contribution in [0.2, 0.25) is 0 Å². The van der Waals surface area contributed by atoms with E-state index in [0.29, 0.717) is 11.3 Å². The van der Waals surface area contributed by atoms with Crippen LogP contribution in [0.1, 0.15) is 18.4 Å². The molecule has 0 spiro atoms. The van der Waals surface area contributed by atoms with Gasteiger partial charge >= 0.3 is 5.97 Å². The SMILES string of the molecule is COC(=O)[C@H](CC[S@](=O)c1ccccc1)NC(=O)C[C@@H]1NC(=O)[C@H](Cc2ccccc2)NC1=O. The number of ether oxygens (including phenoxy) is 1. The van der Waals surface area contributed by atoms with E-state index in [0.717, 1.165) is 5.56 Å². The number of carbonyl (C=O) groups is 4. The van der Waals surface area contributed by atoms with Crippen LogP contribution in [0.5, 0.6) is 0 Å². The summed E-state index contributed by atoms with van der Waals surface area (Å²) in [5.74, 6) is -2.02. The van der Waals surface area contributed by atoms with E-state index >= 15 is 0 Å². The lowest BCUT2D eigenvalue weighted by atomic mass is 10.0. The maximum Gasteiger partial charge on any atom is 0.328 e. The third kappa shape index (κ3) is 6.98. The predicted octanol–water partition coefficient (Wildman–Crippen LogP) is 0.458. The van der Waals surface area contributed by atoms with Crippen molar-refractivity contribution < 1.29 is 28.1 Å². The molecule has 0 aromatic heterocycles. The summed E-state index contributed by atoms with van der Waals surface area (Å²) >= 11 is 0. The van der Waals surface area contributed by atoms with E-state index in [1.807, 2.05) is 36.4 Å². The van der Waals surface area contributed by atoms with E-state index < -0.39 is 46.7 Å². The highest BCUT2D eigenvalue weighted by atomic mass is 32.2. The second-order valence-electron chi connectivity index (χ2n) is 7.81. The first kappa shape index (κ1) is 25.1. The van der Waals surface area contributed by atoms with Gasteiger partial charge in [-0.25, -0.2) is 4.79 Å². The first-order chi connectivity index (χ1) is 16.4. The van der Waals surface area contributed by atoms with Crippen LogP contribution in [0.4, 0.5) is 0 Å². The maximum absolute atomic E-state index is 12.6. The number of amides is 3. The Morgan fingerprint density at radius 2 is 1.56 bits per heavy atom. The molecule has 2 aromatic carbocycles. The molecular formula is C24H27N3O6S. The first-order valence-electron chi connectivity index (χ1n) is 10.8. The van der Waals surface area contributed by atoms with E-state index in [2.05, 4.69) is 16.0 Å². The summed E-state index contributed by atoms with van der Waals surface area (Å²) in [7, 11) is -0.164. The highest BCUT2D eigenvalue weighted by molar-refractivity contribution is 7.85. The van der Waals surface area contributed by atoms with Gasteiger partial charge in [0.1, 0.15) is 18.1 Å². The number of esters is 1. The fourth-order valence-corrected chi connectivity index (χ4v) is 4.70. The van der Waals surface area contributed by atoms with Crippen molar-refractivity contribution in [3.05, 3.63) is 66.2 Å². The third-order valence-corrected chi connectivity index (χ3v) is 6.76. The maximum atomic E-state index is 12.6. The molecule has 0 bridgehead atoms. The summed E-state index contributed by atoms with van der Waals surface area (Å²) in [4.78, 5) is 50.3. The molecule has 0 unspecified atom stereocenters. The molecule has 180 valence electrons. The van der Waals surface area contributed by atoms with Crippen LogP contribution in [-0.4, -0.2) is 58.9 Å². The minimum Gasteiger partial charge on any atom is -0.467 e. The number of nitrogens with one attached hydrogen (secondary N) is 3. The minimum absolute atomic E-state index is 0.0856. The van der Waals surface area contributed by atoms with E-state index in [4.69, 9.17) is 4.74 Å². The molecule has 3 rings (SSSR count).